The Labute approximate surface area is 138 Å². The van der Waals surface area contributed by atoms with Crippen LogP contribution in [0.5, 0.6) is 0 Å². The molecule has 0 aromatic carbocycles. The fraction of sp³-hybridized carbons (Fsp3) is 0.438. The zero-order valence-corrected chi connectivity index (χ0v) is 13.8. The highest BCUT2D eigenvalue weighted by Crippen LogP contribution is 2.30. The molecule has 2 atom stereocenters. The lowest BCUT2D eigenvalue weighted by atomic mass is 10.2. The first-order valence-electron chi connectivity index (χ1n) is 7.92. The van der Waals surface area contributed by atoms with Gasteiger partial charge in [-0.1, -0.05) is 11.2 Å². The molecule has 4 heterocycles. The summed E-state index contributed by atoms with van der Waals surface area (Å²) in [4.78, 5) is 8.09. The van der Waals surface area contributed by atoms with Crippen LogP contribution in [0.3, 0.4) is 0 Å². The third kappa shape index (κ3) is 2.94. The normalized spacial score (nSPS) is 20.1. The standard InChI is InChI=1S/C16H19N5OS/c1-12(16-18-15(19-22-16)14-6-3-10-23-14)21-9-2-5-13(21)11-20-8-4-7-17-20/h3-4,6-8,10,12-13H,2,5,9,11H2,1H3. The van der Waals surface area contributed by atoms with Crippen LogP contribution in [0.2, 0.25) is 0 Å². The molecule has 7 heteroatoms. The molecule has 3 aromatic heterocycles. The van der Waals surface area contributed by atoms with E-state index >= 15 is 0 Å². The molecule has 0 saturated carbocycles. The van der Waals surface area contributed by atoms with Gasteiger partial charge in [0.15, 0.2) is 0 Å². The van der Waals surface area contributed by atoms with Gasteiger partial charge in [0, 0.05) is 18.4 Å². The highest BCUT2D eigenvalue weighted by Gasteiger charge is 2.32. The minimum atomic E-state index is 0.124. The van der Waals surface area contributed by atoms with Crippen LogP contribution < -0.4 is 0 Å². The lowest BCUT2D eigenvalue weighted by Gasteiger charge is -2.28. The van der Waals surface area contributed by atoms with E-state index in [1.54, 1.807) is 11.3 Å². The van der Waals surface area contributed by atoms with Gasteiger partial charge in [-0.05, 0) is 43.8 Å². The van der Waals surface area contributed by atoms with E-state index in [0.29, 0.717) is 17.8 Å². The first-order chi connectivity index (χ1) is 11.3. The minimum absolute atomic E-state index is 0.124. The van der Waals surface area contributed by atoms with E-state index in [-0.39, 0.29) is 6.04 Å². The van der Waals surface area contributed by atoms with E-state index in [9.17, 15) is 0 Å². The molecular weight excluding hydrogens is 310 g/mol. The van der Waals surface area contributed by atoms with Crippen molar-refractivity contribution in [3.63, 3.8) is 0 Å². The molecule has 1 saturated heterocycles. The summed E-state index contributed by atoms with van der Waals surface area (Å²) in [5.74, 6) is 1.38. The zero-order chi connectivity index (χ0) is 15.6. The fourth-order valence-electron chi connectivity index (χ4n) is 3.24. The molecule has 0 aliphatic carbocycles. The quantitative estimate of drug-likeness (QED) is 0.719. The third-order valence-corrected chi connectivity index (χ3v) is 5.28. The molecule has 6 nitrogen and oxygen atoms in total. The van der Waals surface area contributed by atoms with Crippen LogP contribution in [-0.2, 0) is 6.54 Å². The highest BCUT2D eigenvalue weighted by molar-refractivity contribution is 7.13. The van der Waals surface area contributed by atoms with E-state index < -0.39 is 0 Å². The second-order valence-corrected chi connectivity index (χ2v) is 6.82. The molecule has 23 heavy (non-hydrogen) atoms. The SMILES string of the molecule is CC(c1nc(-c2cccs2)no1)N1CCCC1Cn1cccn1. The summed E-state index contributed by atoms with van der Waals surface area (Å²) in [6.45, 7) is 4.11. The van der Waals surface area contributed by atoms with Gasteiger partial charge in [0.1, 0.15) is 0 Å². The molecular formula is C16H19N5OS. The maximum atomic E-state index is 5.53. The summed E-state index contributed by atoms with van der Waals surface area (Å²) in [5.41, 5.74) is 0. The van der Waals surface area contributed by atoms with Crippen molar-refractivity contribution in [2.24, 2.45) is 0 Å². The molecule has 0 radical (unpaired) electrons. The molecule has 1 aliphatic heterocycles. The average molecular weight is 329 g/mol. The van der Waals surface area contributed by atoms with Crippen molar-refractivity contribution in [1.82, 2.24) is 24.8 Å². The average Bonchev–Trinajstić information content (AvgIpc) is 3.33. The van der Waals surface area contributed by atoms with E-state index in [1.807, 2.05) is 40.7 Å². The topological polar surface area (TPSA) is 60.0 Å². The third-order valence-electron chi connectivity index (χ3n) is 4.42. The molecule has 1 fully saturated rings. The van der Waals surface area contributed by atoms with Crippen molar-refractivity contribution in [2.45, 2.75) is 38.4 Å². The molecule has 0 amide bonds. The van der Waals surface area contributed by atoms with Crippen molar-refractivity contribution in [2.75, 3.05) is 6.54 Å². The molecule has 3 aromatic rings. The number of likely N-dealkylation sites (tertiary alicyclic amines) is 1. The molecule has 0 bridgehead atoms. The lowest BCUT2D eigenvalue weighted by Crippen LogP contribution is -2.35. The predicted molar refractivity (Wildman–Crippen MR) is 88.0 cm³/mol. The zero-order valence-electron chi connectivity index (χ0n) is 13.0. The number of thiophene rings is 1. The Morgan fingerprint density at radius 2 is 2.39 bits per heavy atom. The number of aromatic nitrogens is 4. The number of nitrogens with zero attached hydrogens (tertiary/aromatic N) is 5. The van der Waals surface area contributed by atoms with E-state index in [0.717, 1.165) is 18.0 Å². The second-order valence-electron chi connectivity index (χ2n) is 5.87. The molecule has 120 valence electrons. The Kier molecular flexibility index (Phi) is 3.97. The lowest BCUT2D eigenvalue weighted by molar-refractivity contribution is 0.144. The Morgan fingerprint density at radius 1 is 1.43 bits per heavy atom. The number of rotatable bonds is 5. The largest absolute Gasteiger partial charge is 0.337 e. The van der Waals surface area contributed by atoms with Crippen LogP contribution in [0.4, 0.5) is 0 Å². The van der Waals surface area contributed by atoms with Crippen LogP contribution in [0.25, 0.3) is 10.7 Å². The molecule has 4 rings (SSSR count). The van der Waals surface area contributed by atoms with Gasteiger partial charge >= 0.3 is 0 Å². The predicted octanol–water partition coefficient (Wildman–Crippen LogP) is 3.22. The van der Waals surface area contributed by atoms with Gasteiger partial charge in [0.25, 0.3) is 0 Å². The summed E-state index contributed by atoms with van der Waals surface area (Å²) < 4.78 is 7.53. The Balaban J connectivity index is 1.50. The van der Waals surface area contributed by atoms with Gasteiger partial charge in [-0.2, -0.15) is 10.1 Å². The van der Waals surface area contributed by atoms with Crippen molar-refractivity contribution in [3.8, 4) is 10.7 Å². The maximum Gasteiger partial charge on any atom is 0.244 e. The minimum Gasteiger partial charge on any atom is -0.337 e. The van der Waals surface area contributed by atoms with Crippen molar-refractivity contribution < 1.29 is 4.52 Å². The van der Waals surface area contributed by atoms with E-state index in [2.05, 4.69) is 27.1 Å². The van der Waals surface area contributed by atoms with Crippen LogP contribution in [0.15, 0.2) is 40.5 Å². The molecule has 0 N–H and O–H groups in total. The smallest absolute Gasteiger partial charge is 0.244 e. The monoisotopic (exact) mass is 329 g/mol. The highest BCUT2D eigenvalue weighted by atomic mass is 32.1. The summed E-state index contributed by atoms with van der Waals surface area (Å²) in [6.07, 6.45) is 6.22. The van der Waals surface area contributed by atoms with E-state index in [1.165, 1.54) is 12.8 Å². The van der Waals surface area contributed by atoms with Crippen molar-refractivity contribution in [3.05, 3.63) is 41.9 Å². The van der Waals surface area contributed by atoms with Crippen LogP contribution in [0, 0.1) is 0 Å². The van der Waals surface area contributed by atoms with E-state index in [4.69, 9.17) is 4.52 Å². The van der Waals surface area contributed by atoms with Crippen LogP contribution >= 0.6 is 11.3 Å². The maximum absolute atomic E-state index is 5.53. The molecule has 1 aliphatic rings. The van der Waals surface area contributed by atoms with Gasteiger partial charge in [0.2, 0.25) is 11.7 Å². The first kappa shape index (κ1) is 14.6. The Morgan fingerprint density at radius 3 is 3.17 bits per heavy atom. The first-order valence-corrected chi connectivity index (χ1v) is 8.80. The molecule has 0 spiro atoms. The summed E-state index contributed by atoms with van der Waals surface area (Å²) in [6, 6.07) is 6.57. The fourth-order valence-corrected chi connectivity index (χ4v) is 3.89. The van der Waals surface area contributed by atoms with Crippen molar-refractivity contribution in [1.29, 1.82) is 0 Å². The van der Waals surface area contributed by atoms with Gasteiger partial charge in [-0.15, -0.1) is 11.3 Å². The summed E-state index contributed by atoms with van der Waals surface area (Å²) in [5, 5.41) is 10.5. The number of hydrogen-bond donors (Lipinski definition) is 0. The van der Waals surface area contributed by atoms with Gasteiger partial charge in [0.05, 0.1) is 17.5 Å². The summed E-state index contributed by atoms with van der Waals surface area (Å²) >= 11 is 1.63. The number of hydrogen-bond acceptors (Lipinski definition) is 6. The second kappa shape index (κ2) is 6.25. The van der Waals surface area contributed by atoms with Gasteiger partial charge in [-0.25, -0.2) is 0 Å². The summed E-state index contributed by atoms with van der Waals surface area (Å²) in [7, 11) is 0. The van der Waals surface area contributed by atoms with Crippen LogP contribution in [-0.4, -0.2) is 37.4 Å². The molecule has 2 unspecified atom stereocenters. The Bertz CT molecular complexity index is 736. The van der Waals surface area contributed by atoms with Gasteiger partial charge < -0.3 is 4.52 Å². The Hall–Kier alpha value is -1.99. The van der Waals surface area contributed by atoms with Crippen molar-refractivity contribution >= 4 is 11.3 Å². The van der Waals surface area contributed by atoms with Crippen LogP contribution in [0.1, 0.15) is 31.7 Å². The van der Waals surface area contributed by atoms with Gasteiger partial charge in [-0.3, -0.25) is 9.58 Å².